The average molecular weight is 251 g/mol. The molecule has 5 nitrogen and oxygen atoms in total. The van der Waals surface area contributed by atoms with Crippen LogP contribution in [0.1, 0.15) is 38.4 Å². The zero-order valence-electron chi connectivity index (χ0n) is 11.3. The molecule has 2 heterocycles. The number of nitrogens with zero attached hydrogens (tertiary/aromatic N) is 3. The molecule has 18 heavy (non-hydrogen) atoms. The van der Waals surface area contributed by atoms with Gasteiger partial charge in [-0.1, -0.05) is 6.92 Å². The van der Waals surface area contributed by atoms with Crippen LogP contribution in [0.25, 0.3) is 0 Å². The van der Waals surface area contributed by atoms with Crippen LogP contribution in [0.2, 0.25) is 0 Å². The number of hydrogen-bond acceptors (Lipinski definition) is 3. The third-order valence-corrected chi connectivity index (χ3v) is 4.35. The third-order valence-electron chi connectivity index (χ3n) is 4.35. The first-order valence-corrected chi connectivity index (χ1v) is 6.45. The van der Waals surface area contributed by atoms with Crippen molar-refractivity contribution in [3.05, 3.63) is 18.0 Å². The van der Waals surface area contributed by atoms with E-state index in [1.807, 2.05) is 24.7 Å². The van der Waals surface area contributed by atoms with Gasteiger partial charge in [0, 0.05) is 25.8 Å². The van der Waals surface area contributed by atoms with Crippen molar-refractivity contribution in [2.45, 2.75) is 32.7 Å². The lowest BCUT2D eigenvalue weighted by molar-refractivity contribution is -0.148. The molecule has 1 aliphatic rings. The second-order valence-electron chi connectivity index (χ2n) is 5.22. The summed E-state index contributed by atoms with van der Waals surface area (Å²) < 4.78 is 1.86. The molecule has 1 aromatic heterocycles. The minimum Gasteiger partial charge on any atom is -0.481 e. The fourth-order valence-corrected chi connectivity index (χ4v) is 2.83. The van der Waals surface area contributed by atoms with Crippen molar-refractivity contribution in [2.24, 2.45) is 12.5 Å². The van der Waals surface area contributed by atoms with Crippen molar-refractivity contribution in [2.75, 3.05) is 13.1 Å². The lowest BCUT2D eigenvalue weighted by Gasteiger charge is -2.27. The Morgan fingerprint density at radius 1 is 1.67 bits per heavy atom. The van der Waals surface area contributed by atoms with Crippen LogP contribution >= 0.6 is 0 Å². The molecule has 0 aromatic carbocycles. The van der Waals surface area contributed by atoms with Crippen LogP contribution in [0.5, 0.6) is 0 Å². The molecule has 2 rings (SSSR count). The van der Waals surface area contributed by atoms with E-state index in [1.54, 1.807) is 6.20 Å². The molecule has 1 N–H and O–H groups in total. The van der Waals surface area contributed by atoms with E-state index in [9.17, 15) is 9.90 Å². The highest BCUT2D eigenvalue weighted by atomic mass is 16.4. The highest BCUT2D eigenvalue weighted by Gasteiger charge is 2.44. The van der Waals surface area contributed by atoms with Gasteiger partial charge in [0.15, 0.2) is 0 Å². The van der Waals surface area contributed by atoms with Crippen LogP contribution < -0.4 is 0 Å². The monoisotopic (exact) mass is 251 g/mol. The lowest BCUT2D eigenvalue weighted by Crippen LogP contribution is -2.35. The molecular weight excluding hydrogens is 230 g/mol. The average Bonchev–Trinajstić information content (AvgIpc) is 2.95. The SMILES string of the molecule is CCC1(C(=O)O)CCN(C(C)c2ccnn2C)C1. The van der Waals surface area contributed by atoms with Gasteiger partial charge in [-0.15, -0.1) is 0 Å². The van der Waals surface area contributed by atoms with Crippen LogP contribution in [-0.2, 0) is 11.8 Å². The van der Waals surface area contributed by atoms with Gasteiger partial charge in [-0.05, 0) is 32.4 Å². The quantitative estimate of drug-likeness (QED) is 0.884. The standard InChI is InChI=1S/C13H21N3O2/c1-4-13(12(17)18)6-8-16(9-13)10(2)11-5-7-14-15(11)3/h5,7,10H,4,6,8-9H2,1-3H3,(H,17,18). The van der Waals surface area contributed by atoms with Gasteiger partial charge in [-0.25, -0.2) is 0 Å². The van der Waals surface area contributed by atoms with Gasteiger partial charge in [-0.2, -0.15) is 5.10 Å². The zero-order chi connectivity index (χ0) is 13.3. The molecule has 100 valence electrons. The maximum atomic E-state index is 11.4. The molecule has 2 unspecified atom stereocenters. The molecule has 0 spiro atoms. The number of hydrogen-bond donors (Lipinski definition) is 1. The molecule has 1 fully saturated rings. The van der Waals surface area contributed by atoms with Crippen LogP contribution in [0.4, 0.5) is 0 Å². The Morgan fingerprint density at radius 2 is 2.39 bits per heavy atom. The molecule has 0 radical (unpaired) electrons. The van der Waals surface area contributed by atoms with E-state index in [1.165, 1.54) is 0 Å². The second kappa shape index (κ2) is 4.72. The Balaban J connectivity index is 2.14. The van der Waals surface area contributed by atoms with Crippen LogP contribution in [-0.4, -0.2) is 38.8 Å². The van der Waals surface area contributed by atoms with Crippen molar-refractivity contribution >= 4 is 5.97 Å². The molecule has 0 amide bonds. The van der Waals surface area contributed by atoms with Crippen LogP contribution in [0.15, 0.2) is 12.3 Å². The van der Waals surface area contributed by atoms with E-state index in [4.69, 9.17) is 0 Å². The zero-order valence-corrected chi connectivity index (χ0v) is 11.3. The summed E-state index contributed by atoms with van der Waals surface area (Å²) in [7, 11) is 1.92. The van der Waals surface area contributed by atoms with E-state index >= 15 is 0 Å². The second-order valence-corrected chi connectivity index (χ2v) is 5.22. The molecule has 5 heteroatoms. The first kappa shape index (κ1) is 13.1. The third kappa shape index (κ3) is 2.03. The maximum Gasteiger partial charge on any atom is 0.310 e. The van der Waals surface area contributed by atoms with Crippen molar-refractivity contribution in [1.82, 2.24) is 14.7 Å². The smallest absolute Gasteiger partial charge is 0.310 e. The van der Waals surface area contributed by atoms with Crippen LogP contribution in [0, 0.1) is 5.41 Å². The van der Waals surface area contributed by atoms with E-state index in [-0.39, 0.29) is 6.04 Å². The summed E-state index contributed by atoms with van der Waals surface area (Å²) >= 11 is 0. The highest BCUT2D eigenvalue weighted by Crippen LogP contribution is 2.38. The van der Waals surface area contributed by atoms with E-state index in [2.05, 4.69) is 16.9 Å². The van der Waals surface area contributed by atoms with E-state index in [0.717, 1.165) is 18.7 Å². The predicted molar refractivity (Wildman–Crippen MR) is 68.2 cm³/mol. The fourth-order valence-electron chi connectivity index (χ4n) is 2.83. The number of likely N-dealkylation sites (tertiary alicyclic amines) is 1. The van der Waals surface area contributed by atoms with Crippen LogP contribution in [0.3, 0.4) is 0 Å². The number of aryl methyl sites for hydroxylation is 1. The molecular formula is C13H21N3O2. The van der Waals surface area contributed by atoms with E-state index in [0.29, 0.717) is 13.0 Å². The number of rotatable bonds is 4. The Bertz CT molecular complexity index is 443. The summed E-state index contributed by atoms with van der Waals surface area (Å²) in [5.74, 6) is -0.662. The van der Waals surface area contributed by atoms with Crippen molar-refractivity contribution in [1.29, 1.82) is 0 Å². The maximum absolute atomic E-state index is 11.4. The van der Waals surface area contributed by atoms with Crippen molar-refractivity contribution < 1.29 is 9.90 Å². The van der Waals surface area contributed by atoms with E-state index < -0.39 is 11.4 Å². The normalized spacial score (nSPS) is 26.4. The Kier molecular flexibility index (Phi) is 3.43. The summed E-state index contributed by atoms with van der Waals surface area (Å²) in [5.41, 5.74) is 0.569. The van der Waals surface area contributed by atoms with Crippen molar-refractivity contribution in [3.63, 3.8) is 0 Å². The molecule has 0 bridgehead atoms. The van der Waals surface area contributed by atoms with Gasteiger partial charge >= 0.3 is 5.97 Å². The van der Waals surface area contributed by atoms with Gasteiger partial charge in [-0.3, -0.25) is 14.4 Å². The van der Waals surface area contributed by atoms with Gasteiger partial charge in [0.2, 0.25) is 0 Å². The topological polar surface area (TPSA) is 58.4 Å². The summed E-state index contributed by atoms with van der Waals surface area (Å²) in [4.78, 5) is 13.7. The van der Waals surface area contributed by atoms with Gasteiger partial charge in [0.05, 0.1) is 11.1 Å². The predicted octanol–water partition coefficient (Wildman–Crippen LogP) is 1.67. The summed E-state index contributed by atoms with van der Waals surface area (Å²) in [6.07, 6.45) is 3.21. The number of aliphatic carboxylic acids is 1. The van der Waals surface area contributed by atoms with Gasteiger partial charge in [0.25, 0.3) is 0 Å². The molecule has 2 atom stereocenters. The largest absolute Gasteiger partial charge is 0.481 e. The van der Waals surface area contributed by atoms with Gasteiger partial charge in [0.1, 0.15) is 0 Å². The number of aromatic nitrogens is 2. The first-order valence-electron chi connectivity index (χ1n) is 6.45. The number of carboxylic acid groups (broad SMARTS) is 1. The number of carbonyl (C=O) groups is 1. The lowest BCUT2D eigenvalue weighted by atomic mass is 9.84. The summed E-state index contributed by atoms with van der Waals surface area (Å²) in [6, 6.07) is 2.21. The Hall–Kier alpha value is -1.36. The van der Waals surface area contributed by atoms with Crippen molar-refractivity contribution in [3.8, 4) is 0 Å². The summed E-state index contributed by atoms with van der Waals surface area (Å²) in [6.45, 7) is 5.55. The van der Waals surface area contributed by atoms with Gasteiger partial charge < -0.3 is 5.11 Å². The minimum atomic E-state index is -0.662. The Labute approximate surface area is 107 Å². The molecule has 0 aliphatic carbocycles. The minimum absolute atomic E-state index is 0.213. The Morgan fingerprint density at radius 3 is 2.83 bits per heavy atom. The molecule has 1 aliphatic heterocycles. The summed E-state index contributed by atoms with van der Waals surface area (Å²) in [5, 5.41) is 13.6. The first-order chi connectivity index (χ1) is 8.50. The fraction of sp³-hybridized carbons (Fsp3) is 0.692. The number of carboxylic acids is 1. The highest BCUT2D eigenvalue weighted by molar-refractivity contribution is 5.75. The molecule has 1 saturated heterocycles. The molecule has 1 aromatic rings. The molecule has 0 saturated carbocycles.